The van der Waals surface area contributed by atoms with E-state index in [-0.39, 0.29) is 5.91 Å². The molecule has 23 heavy (non-hydrogen) atoms. The van der Waals surface area contributed by atoms with Crippen LogP contribution in [0.15, 0.2) is 40.9 Å². The quantitative estimate of drug-likeness (QED) is 0.732. The van der Waals surface area contributed by atoms with Crippen molar-refractivity contribution in [3.8, 4) is 11.5 Å². The van der Waals surface area contributed by atoms with Crippen LogP contribution in [0.25, 0.3) is 0 Å². The van der Waals surface area contributed by atoms with Crippen LogP contribution in [0.4, 0.5) is 5.69 Å². The number of hydrogen-bond donors (Lipinski definition) is 1. The topological polar surface area (TPSA) is 47.6 Å². The number of methoxy groups -OCH3 is 1. The van der Waals surface area contributed by atoms with Crippen molar-refractivity contribution in [2.24, 2.45) is 0 Å². The molecule has 0 bridgehead atoms. The third kappa shape index (κ3) is 4.62. The number of halogens is 2. The molecule has 0 unspecified atom stereocenters. The zero-order valence-electron chi connectivity index (χ0n) is 12.9. The summed E-state index contributed by atoms with van der Waals surface area (Å²) in [6.45, 7) is 2.53. The minimum atomic E-state index is -0.273. The molecule has 2 aromatic carbocycles. The highest BCUT2D eigenvalue weighted by atomic mass is 79.9. The van der Waals surface area contributed by atoms with Crippen molar-refractivity contribution in [1.29, 1.82) is 0 Å². The molecule has 6 heteroatoms. The Kier molecular flexibility index (Phi) is 6.30. The molecular formula is C17H17BrClNO3. The van der Waals surface area contributed by atoms with Gasteiger partial charge in [-0.05, 0) is 36.8 Å². The molecule has 0 aliphatic rings. The van der Waals surface area contributed by atoms with Crippen molar-refractivity contribution in [2.75, 3.05) is 19.0 Å². The molecule has 1 N–H and O–H groups in total. The molecule has 2 rings (SSSR count). The van der Waals surface area contributed by atoms with E-state index in [4.69, 9.17) is 21.1 Å². The third-order valence-electron chi connectivity index (χ3n) is 3.02. The zero-order valence-corrected chi connectivity index (χ0v) is 15.2. The zero-order chi connectivity index (χ0) is 16.8. The molecule has 0 atom stereocenters. The van der Waals surface area contributed by atoms with Crippen molar-refractivity contribution in [3.05, 3.63) is 51.5 Å². The van der Waals surface area contributed by atoms with E-state index in [1.165, 1.54) is 7.11 Å². The van der Waals surface area contributed by atoms with Gasteiger partial charge in [0.05, 0.1) is 18.7 Å². The fourth-order valence-electron chi connectivity index (χ4n) is 1.96. The largest absolute Gasteiger partial charge is 0.493 e. The van der Waals surface area contributed by atoms with Gasteiger partial charge in [0.2, 0.25) is 0 Å². The molecule has 0 aliphatic carbocycles. The Morgan fingerprint density at radius 2 is 2.09 bits per heavy atom. The van der Waals surface area contributed by atoms with Gasteiger partial charge >= 0.3 is 0 Å². The fraction of sp³-hybridized carbons (Fsp3) is 0.235. The van der Waals surface area contributed by atoms with Crippen LogP contribution in [-0.4, -0.2) is 19.6 Å². The highest BCUT2D eigenvalue weighted by Crippen LogP contribution is 2.36. The summed E-state index contributed by atoms with van der Waals surface area (Å²) in [5.74, 6) is 0.616. The standard InChI is InChI=1S/C17H17BrClNO3/c1-3-7-23-16-14(19)8-11(9-15(16)22-2)17(21)20-13-6-4-5-12(18)10-13/h4-6,8-10H,3,7H2,1-2H3,(H,20,21). The van der Waals surface area contributed by atoms with Gasteiger partial charge < -0.3 is 14.8 Å². The molecule has 0 saturated heterocycles. The molecule has 0 aromatic heterocycles. The Morgan fingerprint density at radius 3 is 2.74 bits per heavy atom. The first-order valence-corrected chi connectivity index (χ1v) is 8.29. The van der Waals surface area contributed by atoms with Gasteiger partial charge in [-0.1, -0.05) is 40.5 Å². The normalized spacial score (nSPS) is 10.3. The van der Waals surface area contributed by atoms with E-state index in [1.54, 1.807) is 18.2 Å². The molecular weight excluding hydrogens is 382 g/mol. The number of carbonyl (C=O) groups is 1. The van der Waals surface area contributed by atoms with E-state index in [0.29, 0.717) is 34.4 Å². The average molecular weight is 399 g/mol. The van der Waals surface area contributed by atoms with Gasteiger partial charge in [0.15, 0.2) is 11.5 Å². The molecule has 0 spiro atoms. The highest BCUT2D eigenvalue weighted by Gasteiger charge is 2.16. The van der Waals surface area contributed by atoms with Crippen LogP contribution >= 0.6 is 27.5 Å². The van der Waals surface area contributed by atoms with Crippen LogP contribution < -0.4 is 14.8 Å². The lowest BCUT2D eigenvalue weighted by Gasteiger charge is -2.14. The molecule has 1 amide bonds. The second-order valence-electron chi connectivity index (χ2n) is 4.80. The van der Waals surface area contributed by atoms with Crippen LogP contribution in [0.3, 0.4) is 0 Å². The van der Waals surface area contributed by atoms with E-state index in [9.17, 15) is 4.79 Å². The number of rotatable bonds is 6. The van der Waals surface area contributed by atoms with Crippen LogP contribution in [0.5, 0.6) is 11.5 Å². The van der Waals surface area contributed by atoms with Crippen LogP contribution in [0, 0.1) is 0 Å². The Labute approximate surface area is 148 Å². The first kappa shape index (κ1) is 17.6. The van der Waals surface area contributed by atoms with Gasteiger partial charge in [-0.15, -0.1) is 0 Å². The molecule has 122 valence electrons. The number of carbonyl (C=O) groups excluding carboxylic acids is 1. The van der Waals surface area contributed by atoms with E-state index < -0.39 is 0 Å². The molecule has 0 aliphatic heterocycles. The van der Waals surface area contributed by atoms with Crippen molar-refractivity contribution in [3.63, 3.8) is 0 Å². The van der Waals surface area contributed by atoms with E-state index >= 15 is 0 Å². The molecule has 0 fully saturated rings. The SMILES string of the molecule is CCCOc1c(Cl)cc(C(=O)Nc2cccc(Br)c2)cc1OC. The summed E-state index contributed by atoms with van der Waals surface area (Å²) < 4.78 is 11.8. The van der Waals surface area contributed by atoms with Gasteiger partial charge in [0, 0.05) is 15.7 Å². The number of hydrogen-bond acceptors (Lipinski definition) is 3. The summed E-state index contributed by atoms with van der Waals surface area (Å²) >= 11 is 9.60. The van der Waals surface area contributed by atoms with E-state index in [1.807, 2.05) is 25.1 Å². The summed E-state index contributed by atoms with van der Waals surface area (Å²) in [7, 11) is 1.51. The van der Waals surface area contributed by atoms with E-state index in [2.05, 4.69) is 21.2 Å². The van der Waals surface area contributed by atoms with Crippen molar-refractivity contribution in [1.82, 2.24) is 0 Å². The lowest BCUT2D eigenvalue weighted by Crippen LogP contribution is -2.12. The van der Waals surface area contributed by atoms with Gasteiger partial charge in [0.1, 0.15) is 0 Å². The summed E-state index contributed by atoms with van der Waals surface area (Å²) in [4.78, 5) is 12.4. The first-order valence-electron chi connectivity index (χ1n) is 7.12. The summed E-state index contributed by atoms with van der Waals surface area (Å²) in [6, 6.07) is 10.5. The van der Waals surface area contributed by atoms with Crippen LogP contribution in [0.2, 0.25) is 5.02 Å². The predicted molar refractivity (Wildman–Crippen MR) is 95.9 cm³/mol. The van der Waals surface area contributed by atoms with Crippen LogP contribution in [0.1, 0.15) is 23.7 Å². The lowest BCUT2D eigenvalue weighted by atomic mass is 10.1. The molecule has 0 heterocycles. The average Bonchev–Trinajstić information content (AvgIpc) is 2.53. The minimum absolute atomic E-state index is 0.273. The summed E-state index contributed by atoms with van der Waals surface area (Å²) in [5.41, 5.74) is 1.08. The minimum Gasteiger partial charge on any atom is -0.493 e. The second kappa shape index (κ2) is 8.22. The summed E-state index contributed by atoms with van der Waals surface area (Å²) in [5, 5.41) is 3.16. The number of amides is 1. The Bertz CT molecular complexity index is 706. The number of nitrogens with one attached hydrogen (secondary N) is 1. The first-order chi connectivity index (χ1) is 11.0. The predicted octanol–water partition coefficient (Wildman–Crippen LogP) is 5.15. The summed E-state index contributed by atoms with van der Waals surface area (Å²) in [6.07, 6.45) is 0.852. The van der Waals surface area contributed by atoms with E-state index in [0.717, 1.165) is 10.9 Å². The maximum atomic E-state index is 12.4. The molecule has 0 radical (unpaired) electrons. The van der Waals surface area contributed by atoms with Gasteiger partial charge in [-0.3, -0.25) is 4.79 Å². The molecule has 2 aromatic rings. The van der Waals surface area contributed by atoms with Crippen molar-refractivity contribution < 1.29 is 14.3 Å². The molecule has 0 saturated carbocycles. The monoisotopic (exact) mass is 397 g/mol. The Balaban J connectivity index is 2.25. The number of benzene rings is 2. The van der Waals surface area contributed by atoms with Gasteiger partial charge in [0.25, 0.3) is 5.91 Å². The fourth-order valence-corrected chi connectivity index (χ4v) is 2.63. The third-order valence-corrected chi connectivity index (χ3v) is 3.80. The highest BCUT2D eigenvalue weighted by molar-refractivity contribution is 9.10. The molecule has 4 nitrogen and oxygen atoms in total. The second-order valence-corrected chi connectivity index (χ2v) is 6.13. The van der Waals surface area contributed by atoms with Crippen molar-refractivity contribution >= 4 is 39.1 Å². The number of ether oxygens (including phenoxy) is 2. The van der Waals surface area contributed by atoms with Gasteiger partial charge in [-0.2, -0.15) is 0 Å². The number of anilines is 1. The van der Waals surface area contributed by atoms with Crippen LogP contribution in [-0.2, 0) is 0 Å². The lowest BCUT2D eigenvalue weighted by molar-refractivity contribution is 0.102. The maximum Gasteiger partial charge on any atom is 0.255 e. The Hall–Kier alpha value is -1.72. The maximum absolute atomic E-state index is 12.4. The van der Waals surface area contributed by atoms with Crippen molar-refractivity contribution in [2.45, 2.75) is 13.3 Å². The van der Waals surface area contributed by atoms with Gasteiger partial charge in [-0.25, -0.2) is 0 Å². The Morgan fingerprint density at radius 1 is 1.30 bits per heavy atom. The smallest absolute Gasteiger partial charge is 0.255 e.